The van der Waals surface area contributed by atoms with Crippen molar-refractivity contribution in [3.05, 3.63) is 167 Å². The number of hydrogen-bond acceptors (Lipinski definition) is 5. The summed E-state index contributed by atoms with van der Waals surface area (Å²) in [4.78, 5) is 59.5. The van der Waals surface area contributed by atoms with Crippen LogP contribution in [0.3, 0.4) is 0 Å². The maximum absolute atomic E-state index is 14.7. The summed E-state index contributed by atoms with van der Waals surface area (Å²) in [5.41, 5.74) is 6.74. The van der Waals surface area contributed by atoms with Crippen molar-refractivity contribution in [2.45, 2.75) is 43.3 Å². The smallest absolute Gasteiger partial charge is 0.410 e. The molecule has 6 rings (SSSR count). The van der Waals surface area contributed by atoms with Crippen molar-refractivity contribution in [2.75, 3.05) is 27.7 Å². The maximum Gasteiger partial charge on any atom is 0.410 e. The molecule has 0 saturated heterocycles. The number of amides is 3. The third-order valence-electron chi connectivity index (χ3n) is 10.4. The molecule has 1 aliphatic carbocycles. The van der Waals surface area contributed by atoms with Crippen LogP contribution in [0.2, 0.25) is 0 Å². The molecule has 0 radical (unpaired) electrons. The van der Waals surface area contributed by atoms with Crippen LogP contribution >= 0.6 is 0 Å². The van der Waals surface area contributed by atoms with Gasteiger partial charge in [-0.1, -0.05) is 140 Å². The van der Waals surface area contributed by atoms with Crippen LogP contribution in [0.25, 0.3) is 11.1 Å². The summed E-state index contributed by atoms with van der Waals surface area (Å²) in [6, 6.07) is 40.6. The number of carboxylic acids is 1. The largest absolute Gasteiger partial charge is 0.480 e. The third-order valence-corrected chi connectivity index (χ3v) is 10.4. The van der Waals surface area contributed by atoms with Gasteiger partial charge in [-0.25, -0.2) is 9.59 Å². The molecule has 1 N–H and O–H groups in total. The van der Waals surface area contributed by atoms with Gasteiger partial charge in [-0.15, -0.1) is 0 Å². The zero-order valence-electron chi connectivity index (χ0n) is 30.7. The lowest BCUT2D eigenvalue weighted by Gasteiger charge is -2.37. The van der Waals surface area contributed by atoms with Gasteiger partial charge >= 0.3 is 12.1 Å². The summed E-state index contributed by atoms with van der Waals surface area (Å²) in [7, 11) is 4.54. The number of hydrogen-bond donors (Lipinski definition) is 1. The van der Waals surface area contributed by atoms with Crippen LogP contribution < -0.4 is 0 Å². The second kappa shape index (κ2) is 17.1. The first-order valence-corrected chi connectivity index (χ1v) is 18.1. The number of carbonyl (C=O) groups excluding carboxylic acids is 3. The molecule has 0 saturated carbocycles. The molecule has 276 valence electrons. The van der Waals surface area contributed by atoms with Crippen LogP contribution in [0.15, 0.2) is 140 Å². The molecule has 0 bridgehead atoms. The van der Waals surface area contributed by atoms with Crippen LogP contribution in [-0.2, 0) is 38.4 Å². The summed E-state index contributed by atoms with van der Waals surface area (Å²) >= 11 is 0. The molecule has 54 heavy (non-hydrogen) atoms. The second-order valence-electron chi connectivity index (χ2n) is 13.8. The summed E-state index contributed by atoms with van der Waals surface area (Å²) in [6.07, 6.45) is -0.277. The minimum atomic E-state index is -1.18. The molecule has 3 amide bonds. The van der Waals surface area contributed by atoms with E-state index in [4.69, 9.17) is 4.74 Å². The molecule has 9 heteroatoms. The molecule has 0 heterocycles. The van der Waals surface area contributed by atoms with Gasteiger partial charge in [0, 0.05) is 46.3 Å². The molecule has 1 aliphatic rings. The number of ether oxygens (including phenoxy) is 1. The van der Waals surface area contributed by atoms with Gasteiger partial charge in [-0.2, -0.15) is 0 Å². The quantitative estimate of drug-likeness (QED) is 0.137. The van der Waals surface area contributed by atoms with E-state index < -0.39 is 42.0 Å². The van der Waals surface area contributed by atoms with Gasteiger partial charge in [0.1, 0.15) is 24.7 Å². The van der Waals surface area contributed by atoms with Gasteiger partial charge < -0.3 is 19.6 Å². The van der Waals surface area contributed by atoms with Crippen LogP contribution in [0.4, 0.5) is 4.79 Å². The van der Waals surface area contributed by atoms with E-state index >= 15 is 0 Å². The van der Waals surface area contributed by atoms with E-state index in [1.807, 2.05) is 127 Å². The SMILES string of the molecule is CN(C(=O)OCC1c2ccccc2-c2ccccc21)[C@@H](Cc1ccccc1)C(=O)N(C)[C@@H](Cc1ccccc1)C(=O)N(C)[C@@H](Cc1ccccc1)C(=O)O. The van der Waals surface area contributed by atoms with E-state index in [-0.39, 0.29) is 31.8 Å². The van der Waals surface area contributed by atoms with Gasteiger partial charge in [-0.3, -0.25) is 14.5 Å². The monoisotopic (exact) mass is 723 g/mol. The predicted molar refractivity (Wildman–Crippen MR) is 208 cm³/mol. The molecule has 0 unspecified atom stereocenters. The highest BCUT2D eigenvalue weighted by atomic mass is 16.6. The topological polar surface area (TPSA) is 107 Å². The Bertz CT molecular complexity index is 2030. The number of carboxylic acid groups (broad SMARTS) is 1. The number of nitrogens with zero attached hydrogens (tertiary/aromatic N) is 3. The fourth-order valence-corrected chi connectivity index (χ4v) is 7.28. The van der Waals surface area contributed by atoms with E-state index in [9.17, 15) is 24.3 Å². The van der Waals surface area contributed by atoms with Crippen LogP contribution in [0.5, 0.6) is 0 Å². The molecular formula is C45H45N3O6. The van der Waals surface area contributed by atoms with E-state index in [1.54, 1.807) is 7.05 Å². The van der Waals surface area contributed by atoms with Crippen molar-refractivity contribution in [1.29, 1.82) is 0 Å². The number of aliphatic carboxylic acids is 1. The summed E-state index contributed by atoms with van der Waals surface area (Å²) in [5, 5.41) is 10.3. The Kier molecular flexibility index (Phi) is 11.9. The summed E-state index contributed by atoms with van der Waals surface area (Å²) < 4.78 is 5.98. The molecule has 5 aromatic rings. The Balaban J connectivity index is 1.26. The lowest BCUT2D eigenvalue weighted by molar-refractivity contribution is -0.153. The van der Waals surface area contributed by atoms with E-state index in [1.165, 1.54) is 28.8 Å². The van der Waals surface area contributed by atoms with Crippen LogP contribution in [-0.4, -0.2) is 89.6 Å². The van der Waals surface area contributed by atoms with Crippen molar-refractivity contribution in [3.63, 3.8) is 0 Å². The molecule has 0 spiro atoms. The highest BCUT2D eigenvalue weighted by Crippen LogP contribution is 2.44. The molecule has 0 aliphatic heterocycles. The lowest BCUT2D eigenvalue weighted by Crippen LogP contribution is -2.58. The molecule has 3 atom stereocenters. The van der Waals surface area contributed by atoms with E-state index in [0.29, 0.717) is 0 Å². The van der Waals surface area contributed by atoms with Gasteiger partial charge in [0.15, 0.2) is 0 Å². The molecular weight excluding hydrogens is 679 g/mol. The maximum atomic E-state index is 14.7. The molecule has 5 aromatic carbocycles. The van der Waals surface area contributed by atoms with Gasteiger partial charge in [-0.05, 0) is 38.9 Å². The number of benzene rings is 5. The van der Waals surface area contributed by atoms with Crippen LogP contribution in [0, 0.1) is 0 Å². The lowest BCUT2D eigenvalue weighted by atomic mass is 9.98. The van der Waals surface area contributed by atoms with E-state index in [2.05, 4.69) is 12.1 Å². The van der Waals surface area contributed by atoms with Crippen molar-refractivity contribution in [3.8, 4) is 11.1 Å². The van der Waals surface area contributed by atoms with Gasteiger partial charge in [0.25, 0.3) is 0 Å². The Hall–Kier alpha value is -6.22. The number of likely N-dealkylation sites (N-methyl/N-ethyl adjacent to an activating group) is 3. The second-order valence-corrected chi connectivity index (χ2v) is 13.8. The van der Waals surface area contributed by atoms with Gasteiger partial charge in [0.2, 0.25) is 11.8 Å². The standard InChI is InChI=1S/C45H45N3O6/c1-46(39(27-31-17-7-4-8-18-31)42(49)47(2)41(44(51)52)29-33-21-11-6-12-22-33)43(50)40(28-32-19-9-5-10-20-32)48(3)45(53)54-30-38-36-25-15-13-23-34(36)35-24-14-16-26-37(35)38/h4-26,38-41H,27-30H2,1-3H3,(H,51,52)/t39-,40-,41-/m0/s1. The van der Waals surface area contributed by atoms with Crippen LogP contribution in [0.1, 0.15) is 33.7 Å². The highest BCUT2D eigenvalue weighted by Gasteiger charge is 2.39. The van der Waals surface area contributed by atoms with Crippen molar-refractivity contribution < 1.29 is 29.0 Å². The summed E-state index contributed by atoms with van der Waals surface area (Å²) in [5.74, 6) is -2.32. The average Bonchev–Trinajstić information content (AvgIpc) is 3.53. The number of carbonyl (C=O) groups is 4. The molecule has 0 fully saturated rings. The normalized spacial score (nSPS) is 13.5. The zero-order chi connectivity index (χ0) is 38.2. The molecule has 9 nitrogen and oxygen atoms in total. The number of rotatable bonds is 14. The predicted octanol–water partition coefficient (Wildman–Crippen LogP) is 6.70. The van der Waals surface area contributed by atoms with Gasteiger partial charge in [0.05, 0.1) is 0 Å². The average molecular weight is 724 g/mol. The summed E-state index contributed by atoms with van der Waals surface area (Å²) in [6.45, 7) is 0.0805. The first kappa shape index (κ1) is 37.5. The first-order chi connectivity index (χ1) is 26.1. The first-order valence-electron chi connectivity index (χ1n) is 18.1. The van der Waals surface area contributed by atoms with Crippen molar-refractivity contribution in [1.82, 2.24) is 14.7 Å². The molecule has 0 aromatic heterocycles. The van der Waals surface area contributed by atoms with Crippen molar-refractivity contribution in [2.24, 2.45) is 0 Å². The fraction of sp³-hybridized carbons (Fsp3) is 0.244. The Labute approximate surface area is 316 Å². The van der Waals surface area contributed by atoms with Crippen molar-refractivity contribution >= 4 is 23.9 Å². The Morgan fingerprint density at radius 3 is 1.30 bits per heavy atom. The Morgan fingerprint density at radius 2 is 0.870 bits per heavy atom. The zero-order valence-corrected chi connectivity index (χ0v) is 30.7. The third kappa shape index (κ3) is 8.36. The van der Waals surface area contributed by atoms with E-state index in [0.717, 1.165) is 38.9 Å². The number of fused-ring (bicyclic) bond motifs is 3. The minimum absolute atomic E-state index is 0.0805. The Morgan fingerprint density at radius 1 is 0.519 bits per heavy atom. The highest BCUT2D eigenvalue weighted by molar-refractivity contribution is 5.93. The fourth-order valence-electron chi connectivity index (χ4n) is 7.28. The minimum Gasteiger partial charge on any atom is -0.480 e.